The molecule has 0 aromatic rings. The Morgan fingerprint density at radius 2 is 2.29 bits per heavy atom. The summed E-state index contributed by atoms with van der Waals surface area (Å²) in [6.07, 6.45) is 0.566. The monoisotopic (exact) mass is 241 g/mol. The summed E-state index contributed by atoms with van der Waals surface area (Å²) in [6, 6.07) is 0.662. The van der Waals surface area contributed by atoms with Crippen LogP contribution in [0.3, 0.4) is 0 Å². The molecular formula is C12H23N3O2. The van der Waals surface area contributed by atoms with Gasteiger partial charge < -0.3 is 19.9 Å². The number of nitrogens with one attached hydrogen (secondary N) is 1. The molecule has 0 aromatic carbocycles. The quantitative estimate of drug-likeness (QED) is 0.710. The third-order valence-electron chi connectivity index (χ3n) is 3.73. The van der Waals surface area contributed by atoms with E-state index in [0.717, 1.165) is 32.8 Å². The molecule has 0 aliphatic carbocycles. The van der Waals surface area contributed by atoms with Crippen LogP contribution in [-0.2, 0) is 9.53 Å². The van der Waals surface area contributed by atoms with Crippen molar-refractivity contribution in [1.29, 1.82) is 0 Å². The fourth-order valence-corrected chi connectivity index (χ4v) is 2.37. The lowest BCUT2D eigenvalue weighted by Crippen LogP contribution is -2.53. The summed E-state index contributed by atoms with van der Waals surface area (Å²) >= 11 is 0. The normalized spacial score (nSPS) is 31.5. The number of hydrogen-bond acceptors (Lipinski definition) is 4. The van der Waals surface area contributed by atoms with E-state index >= 15 is 0 Å². The van der Waals surface area contributed by atoms with Crippen LogP contribution in [0.4, 0.5) is 0 Å². The van der Waals surface area contributed by atoms with Crippen molar-refractivity contribution in [3.8, 4) is 0 Å². The van der Waals surface area contributed by atoms with Gasteiger partial charge in [0.25, 0.3) is 0 Å². The second kappa shape index (κ2) is 5.80. The molecule has 0 radical (unpaired) electrons. The molecule has 2 aliphatic rings. The van der Waals surface area contributed by atoms with Crippen LogP contribution in [0, 0.1) is 0 Å². The van der Waals surface area contributed by atoms with Gasteiger partial charge in [0.05, 0.1) is 13.2 Å². The maximum Gasteiger partial charge on any atom is 0.224 e. The van der Waals surface area contributed by atoms with Gasteiger partial charge in [-0.1, -0.05) is 0 Å². The first-order valence-electron chi connectivity index (χ1n) is 6.46. The van der Waals surface area contributed by atoms with Crippen molar-refractivity contribution in [2.24, 2.45) is 0 Å². The maximum atomic E-state index is 12.1. The molecule has 5 nitrogen and oxygen atoms in total. The predicted octanol–water partition coefficient (Wildman–Crippen LogP) is -0.473. The molecule has 0 aromatic heterocycles. The number of amides is 1. The third kappa shape index (κ3) is 3.40. The number of likely N-dealkylation sites (N-methyl/N-ethyl adjacent to an activating group) is 1. The molecule has 0 bridgehead atoms. The van der Waals surface area contributed by atoms with Crippen molar-refractivity contribution in [3.05, 3.63) is 0 Å². The smallest absolute Gasteiger partial charge is 0.224 e. The molecule has 2 heterocycles. The maximum absolute atomic E-state index is 12.1. The lowest BCUT2D eigenvalue weighted by Gasteiger charge is -2.38. The van der Waals surface area contributed by atoms with Gasteiger partial charge in [0.2, 0.25) is 5.91 Å². The van der Waals surface area contributed by atoms with Crippen LogP contribution < -0.4 is 5.32 Å². The van der Waals surface area contributed by atoms with Crippen LogP contribution in [-0.4, -0.2) is 74.2 Å². The number of piperazine rings is 1. The number of carbonyl (C=O) groups excluding carboxylic acids is 1. The van der Waals surface area contributed by atoms with Crippen LogP contribution in [0.2, 0.25) is 0 Å². The molecule has 2 aliphatic heterocycles. The Bertz CT molecular complexity index is 266. The van der Waals surface area contributed by atoms with Crippen molar-refractivity contribution < 1.29 is 9.53 Å². The molecule has 1 N–H and O–H groups in total. The molecule has 98 valence electrons. The predicted molar refractivity (Wildman–Crippen MR) is 65.9 cm³/mol. The van der Waals surface area contributed by atoms with E-state index in [9.17, 15) is 4.79 Å². The molecule has 2 atom stereocenters. The molecular weight excluding hydrogens is 218 g/mol. The molecule has 17 heavy (non-hydrogen) atoms. The van der Waals surface area contributed by atoms with Crippen molar-refractivity contribution >= 4 is 5.91 Å². The summed E-state index contributed by atoms with van der Waals surface area (Å²) in [5.74, 6) is 0.257. The highest BCUT2D eigenvalue weighted by molar-refractivity contribution is 5.77. The SMILES string of the molecule is CC1CN(C(=O)CC2COCCN2)CCN1C. The van der Waals surface area contributed by atoms with E-state index in [2.05, 4.69) is 24.2 Å². The Balaban J connectivity index is 1.79. The zero-order valence-corrected chi connectivity index (χ0v) is 10.8. The van der Waals surface area contributed by atoms with Crippen LogP contribution in [0.25, 0.3) is 0 Å². The minimum Gasteiger partial charge on any atom is -0.378 e. The molecule has 2 rings (SSSR count). The molecule has 2 fully saturated rings. The molecule has 2 unspecified atom stereocenters. The van der Waals surface area contributed by atoms with Gasteiger partial charge in [-0.25, -0.2) is 0 Å². The van der Waals surface area contributed by atoms with E-state index in [4.69, 9.17) is 4.74 Å². The van der Waals surface area contributed by atoms with Crippen molar-refractivity contribution in [3.63, 3.8) is 0 Å². The van der Waals surface area contributed by atoms with E-state index < -0.39 is 0 Å². The van der Waals surface area contributed by atoms with Crippen LogP contribution in [0.15, 0.2) is 0 Å². The van der Waals surface area contributed by atoms with Crippen LogP contribution >= 0.6 is 0 Å². The van der Waals surface area contributed by atoms with E-state index in [1.54, 1.807) is 0 Å². The van der Waals surface area contributed by atoms with Crippen LogP contribution in [0.5, 0.6) is 0 Å². The number of morpholine rings is 1. The Hall–Kier alpha value is -0.650. The van der Waals surface area contributed by atoms with Gasteiger partial charge >= 0.3 is 0 Å². The van der Waals surface area contributed by atoms with Gasteiger partial charge in [-0.15, -0.1) is 0 Å². The number of ether oxygens (including phenoxy) is 1. The largest absolute Gasteiger partial charge is 0.378 e. The fourth-order valence-electron chi connectivity index (χ4n) is 2.37. The summed E-state index contributed by atoms with van der Waals surface area (Å²) < 4.78 is 5.37. The summed E-state index contributed by atoms with van der Waals surface area (Å²) in [6.45, 7) is 7.13. The zero-order valence-electron chi connectivity index (χ0n) is 10.8. The first-order chi connectivity index (χ1) is 8.16. The van der Waals surface area contributed by atoms with E-state index in [1.165, 1.54) is 0 Å². The minimum absolute atomic E-state index is 0.200. The van der Waals surface area contributed by atoms with Gasteiger partial charge in [0.1, 0.15) is 0 Å². The highest BCUT2D eigenvalue weighted by Gasteiger charge is 2.26. The van der Waals surface area contributed by atoms with E-state index in [0.29, 0.717) is 19.1 Å². The lowest BCUT2D eigenvalue weighted by molar-refractivity contribution is -0.135. The molecule has 0 saturated carbocycles. The van der Waals surface area contributed by atoms with Crippen LogP contribution in [0.1, 0.15) is 13.3 Å². The second-order valence-corrected chi connectivity index (χ2v) is 5.10. The molecule has 5 heteroatoms. The standard InChI is InChI=1S/C12H23N3O2/c1-10-8-15(5-4-14(10)2)12(16)7-11-9-17-6-3-13-11/h10-11,13H,3-9H2,1-2H3. The Morgan fingerprint density at radius 1 is 1.47 bits per heavy atom. The summed E-state index contributed by atoms with van der Waals surface area (Å²) in [4.78, 5) is 16.4. The van der Waals surface area contributed by atoms with Gasteiger partial charge in [-0.05, 0) is 14.0 Å². The molecule has 0 spiro atoms. The van der Waals surface area contributed by atoms with Crippen molar-refractivity contribution in [1.82, 2.24) is 15.1 Å². The second-order valence-electron chi connectivity index (χ2n) is 5.10. The highest BCUT2D eigenvalue weighted by atomic mass is 16.5. The fraction of sp³-hybridized carbons (Fsp3) is 0.917. The summed E-state index contributed by atoms with van der Waals surface area (Å²) in [5, 5.41) is 3.33. The average molecular weight is 241 g/mol. The summed E-state index contributed by atoms with van der Waals surface area (Å²) in [5.41, 5.74) is 0. The van der Waals surface area contributed by atoms with E-state index in [-0.39, 0.29) is 11.9 Å². The molecule has 2 saturated heterocycles. The van der Waals surface area contributed by atoms with Crippen molar-refractivity contribution in [2.75, 3.05) is 46.4 Å². The minimum atomic E-state index is 0.200. The topological polar surface area (TPSA) is 44.8 Å². The number of nitrogens with zero attached hydrogens (tertiary/aromatic N) is 2. The first-order valence-corrected chi connectivity index (χ1v) is 6.46. The number of carbonyl (C=O) groups is 1. The number of hydrogen-bond donors (Lipinski definition) is 1. The first kappa shape index (κ1) is 12.8. The van der Waals surface area contributed by atoms with Crippen molar-refractivity contribution in [2.45, 2.75) is 25.4 Å². The summed E-state index contributed by atoms with van der Waals surface area (Å²) in [7, 11) is 2.11. The Morgan fingerprint density at radius 3 is 2.94 bits per heavy atom. The third-order valence-corrected chi connectivity index (χ3v) is 3.73. The van der Waals surface area contributed by atoms with E-state index in [1.807, 2.05) is 4.90 Å². The van der Waals surface area contributed by atoms with Gasteiger partial charge in [0, 0.05) is 44.7 Å². The van der Waals surface area contributed by atoms with Gasteiger partial charge in [-0.2, -0.15) is 0 Å². The van der Waals surface area contributed by atoms with Gasteiger partial charge in [-0.3, -0.25) is 4.79 Å². The lowest BCUT2D eigenvalue weighted by atomic mass is 10.1. The molecule has 1 amide bonds. The highest BCUT2D eigenvalue weighted by Crippen LogP contribution is 2.10. The number of rotatable bonds is 2. The Labute approximate surface area is 103 Å². The Kier molecular flexibility index (Phi) is 4.36. The average Bonchev–Trinajstić information content (AvgIpc) is 2.34. The van der Waals surface area contributed by atoms with Gasteiger partial charge in [0.15, 0.2) is 0 Å². The zero-order chi connectivity index (χ0) is 12.3.